The normalized spacial score (nSPS) is 18.9. The molecule has 4 aromatic rings. The molecule has 1 saturated heterocycles. The lowest BCUT2D eigenvalue weighted by molar-refractivity contribution is -0.122. The van der Waals surface area contributed by atoms with Crippen LogP contribution in [0.5, 0.6) is 5.75 Å². The number of carbonyl (C=O) groups excluding carboxylic acids is 4. The topological polar surface area (TPSA) is 135 Å². The number of carbonyl (C=O) groups is 4. The van der Waals surface area contributed by atoms with Crippen LogP contribution in [0.2, 0.25) is 5.02 Å². The standard InChI is InChI=1S/C31H24ClN3O7S2/c1-2-41-30(39)16-6-12-20(13-7-16)35-28(37)24-23(25-27(34-31(40)44-25)43-26(24)29(35)38)17-4-3-5-21(14-17)42-15-22(36)33-19-10-8-18(32)9-11-19/h3-14,23-24,26H,2,15H2,1H3,(H,33,36)(H,34,40). The second-order valence-corrected chi connectivity index (χ2v) is 12.5. The van der Waals surface area contributed by atoms with E-state index in [0.717, 1.165) is 16.2 Å². The Bertz CT molecular complexity index is 1820. The van der Waals surface area contributed by atoms with Crippen molar-refractivity contribution in [2.24, 2.45) is 5.92 Å². The molecule has 44 heavy (non-hydrogen) atoms. The van der Waals surface area contributed by atoms with Crippen molar-refractivity contribution in [2.45, 2.75) is 23.1 Å². The number of anilines is 2. The number of fused-ring (bicyclic) bond motifs is 2. The predicted molar refractivity (Wildman–Crippen MR) is 167 cm³/mol. The van der Waals surface area contributed by atoms with Crippen LogP contribution in [0.4, 0.5) is 11.4 Å². The Balaban J connectivity index is 1.26. The molecule has 10 nitrogen and oxygen atoms in total. The van der Waals surface area contributed by atoms with E-state index in [4.69, 9.17) is 21.1 Å². The van der Waals surface area contributed by atoms with E-state index in [1.807, 2.05) is 0 Å². The Morgan fingerprint density at radius 2 is 1.75 bits per heavy atom. The first-order valence-electron chi connectivity index (χ1n) is 13.6. The molecular weight excluding hydrogens is 626 g/mol. The molecule has 13 heteroatoms. The van der Waals surface area contributed by atoms with E-state index in [2.05, 4.69) is 10.3 Å². The minimum absolute atomic E-state index is 0.223. The third kappa shape index (κ3) is 5.75. The van der Waals surface area contributed by atoms with Gasteiger partial charge < -0.3 is 19.8 Å². The van der Waals surface area contributed by atoms with Crippen molar-refractivity contribution in [2.75, 3.05) is 23.4 Å². The largest absolute Gasteiger partial charge is 0.484 e. The maximum atomic E-state index is 14.0. The van der Waals surface area contributed by atoms with Gasteiger partial charge in [0.25, 0.3) is 5.91 Å². The van der Waals surface area contributed by atoms with Crippen molar-refractivity contribution in [3.05, 3.63) is 103 Å². The van der Waals surface area contributed by atoms with E-state index >= 15 is 0 Å². The van der Waals surface area contributed by atoms with Crippen LogP contribution in [-0.4, -0.2) is 47.1 Å². The zero-order valence-corrected chi connectivity index (χ0v) is 25.5. The minimum Gasteiger partial charge on any atom is -0.484 e. The molecule has 1 fully saturated rings. The number of amides is 3. The zero-order chi connectivity index (χ0) is 31.0. The van der Waals surface area contributed by atoms with Gasteiger partial charge in [-0.15, -0.1) is 0 Å². The molecule has 0 bridgehead atoms. The lowest BCUT2D eigenvalue weighted by atomic mass is 9.83. The van der Waals surface area contributed by atoms with Gasteiger partial charge in [-0.3, -0.25) is 19.2 Å². The number of nitrogens with one attached hydrogen (secondary N) is 2. The number of hydrogen-bond acceptors (Lipinski definition) is 9. The SMILES string of the molecule is CCOC(=O)c1ccc(N2C(=O)C3Sc4[nH]c(=O)sc4C(c4cccc(OCC(=O)Nc5ccc(Cl)cc5)c4)C3C2=O)cc1. The third-order valence-electron chi connectivity index (χ3n) is 7.18. The predicted octanol–water partition coefficient (Wildman–Crippen LogP) is 5.08. The zero-order valence-electron chi connectivity index (χ0n) is 23.1. The van der Waals surface area contributed by atoms with Crippen LogP contribution in [-0.2, 0) is 19.1 Å². The van der Waals surface area contributed by atoms with Crippen LogP contribution >= 0.6 is 34.7 Å². The highest BCUT2D eigenvalue weighted by Gasteiger charge is 2.56. The van der Waals surface area contributed by atoms with E-state index in [9.17, 15) is 24.0 Å². The highest BCUT2D eigenvalue weighted by molar-refractivity contribution is 8.00. The summed E-state index contributed by atoms with van der Waals surface area (Å²) in [6.07, 6.45) is 0. The van der Waals surface area contributed by atoms with Gasteiger partial charge in [-0.1, -0.05) is 46.8 Å². The second kappa shape index (κ2) is 12.3. The molecule has 6 rings (SSSR count). The lowest BCUT2D eigenvalue weighted by Crippen LogP contribution is -2.32. The van der Waals surface area contributed by atoms with Gasteiger partial charge in [-0.05, 0) is 73.2 Å². The van der Waals surface area contributed by atoms with Gasteiger partial charge in [0.05, 0.1) is 28.8 Å². The van der Waals surface area contributed by atoms with Crippen molar-refractivity contribution in [1.29, 1.82) is 0 Å². The highest BCUT2D eigenvalue weighted by Crippen LogP contribution is 2.53. The van der Waals surface area contributed by atoms with E-state index in [0.29, 0.717) is 43.2 Å². The maximum Gasteiger partial charge on any atom is 0.338 e. The molecule has 224 valence electrons. The molecule has 0 saturated carbocycles. The molecule has 3 atom stereocenters. The first kappa shape index (κ1) is 29.7. The van der Waals surface area contributed by atoms with Crippen molar-refractivity contribution in [1.82, 2.24) is 4.98 Å². The number of aromatic nitrogens is 1. The molecule has 3 aromatic carbocycles. The van der Waals surface area contributed by atoms with Crippen LogP contribution < -0.4 is 19.8 Å². The number of esters is 1. The summed E-state index contributed by atoms with van der Waals surface area (Å²) in [6.45, 7) is 1.66. The summed E-state index contributed by atoms with van der Waals surface area (Å²) in [5.74, 6) is -2.74. The molecule has 0 spiro atoms. The number of hydrogen-bond donors (Lipinski definition) is 2. The molecule has 0 aliphatic carbocycles. The van der Waals surface area contributed by atoms with Gasteiger partial charge in [0.2, 0.25) is 11.8 Å². The van der Waals surface area contributed by atoms with Gasteiger partial charge >= 0.3 is 10.8 Å². The Hall–Kier alpha value is -4.39. The quantitative estimate of drug-likeness (QED) is 0.199. The van der Waals surface area contributed by atoms with E-state index < -0.39 is 34.9 Å². The summed E-state index contributed by atoms with van der Waals surface area (Å²) in [4.78, 5) is 69.0. The molecule has 3 amide bonds. The average Bonchev–Trinajstić information content (AvgIpc) is 3.51. The van der Waals surface area contributed by atoms with Gasteiger partial charge in [0, 0.05) is 21.5 Å². The molecule has 0 radical (unpaired) electrons. The number of rotatable bonds is 8. The fraction of sp³-hybridized carbons (Fsp3) is 0.194. The van der Waals surface area contributed by atoms with Crippen molar-refractivity contribution in [3.63, 3.8) is 0 Å². The number of H-pyrrole nitrogens is 1. The second-order valence-electron chi connectivity index (χ2n) is 9.95. The molecule has 2 aliphatic rings. The van der Waals surface area contributed by atoms with Crippen LogP contribution in [0.25, 0.3) is 0 Å². The van der Waals surface area contributed by atoms with Crippen molar-refractivity contribution in [3.8, 4) is 5.75 Å². The van der Waals surface area contributed by atoms with Crippen molar-refractivity contribution < 1.29 is 28.7 Å². The Labute approximate surface area is 264 Å². The molecule has 2 N–H and O–H groups in total. The first-order valence-corrected chi connectivity index (χ1v) is 15.6. The molecule has 1 aromatic heterocycles. The van der Waals surface area contributed by atoms with Gasteiger partial charge in [0.1, 0.15) is 11.0 Å². The van der Waals surface area contributed by atoms with E-state index in [-0.39, 0.29) is 24.0 Å². The minimum atomic E-state index is -0.806. The maximum absolute atomic E-state index is 14.0. The fourth-order valence-electron chi connectivity index (χ4n) is 5.27. The first-order chi connectivity index (χ1) is 21.2. The molecule has 2 aliphatic heterocycles. The summed E-state index contributed by atoms with van der Waals surface area (Å²) in [5.41, 5.74) is 1.87. The number of thioether (sulfide) groups is 1. The molecule has 3 unspecified atom stereocenters. The summed E-state index contributed by atoms with van der Waals surface area (Å²) in [7, 11) is 0. The Kier molecular flexibility index (Phi) is 8.30. The van der Waals surface area contributed by atoms with Gasteiger partial charge in [-0.2, -0.15) is 0 Å². The summed E-state index contributed by atoms with van der Waals surface area (Å²) in [6, 6.07) is 19.7. The number of halogens is 1. The molecular formula is C31H24ClN3O7S2. The van der Waals surface area contributed by atoms with Crippen LogP contribution in [0.1, 0.15) is 33.6 Å². The number of benzene rings is 3. The van der Waals surface area contributed by atoms with Crippen LogP contribution in [0, 0.1) is 5.92 Å². The smallest absolute Gasteiger partial charge is 0.338 e. The summed E-state index contributed by atoms with van der Waals surface area (Å²) in [5, 5.41) is 3.04. The monoisotopic (exact) mass is 649 g/mol. The Morgan fingerprint density at radius 1 is 1.00 bits per heavy atom. The molecule has 3 heterocycles. The van der Waals surface area contributed by atoms with E-state index in [1.54, 1.807) is 67.6 Å². The number of aromatic amines is 1. The van der Waals surface area contributed by atoms with E-state index in [1.165, 1.54) is 23.9 Å². The third-order valence-corrected chi connectivity index (χ3v) is 9.83. The lowest BCUT2D eigenvalue weighted by Gasteiger charge is -2.30. The Morgan fingerprint density at radius 3 is 2.48 bits per heavy atom. The summed E-state index contributed by atoms with van der Waals surface area (Å²) < 4.78 is 10.8. The van der Waals surface area contributed by atoms with Crippen LogP contribution in [0.15, 0.2) is 82.6 Å². The number of thiazole rings is 1. The number of ether oxygens (including phenoxy) is 2. The van der Waals surface area contributed by atoms with Crippen LogP contribution in [0.3, 0.4) is 0 Å². The number of imide groups is 1. The van der Waals surface area contributed by atoms with Gasteiger partial charge in [-0.25, -0.2) is 9.69 Å². The fourth-order valence-corrected chi connectivity index (χ4v) is 7.91. The van der Waals surface area contributed by atoms with Crippen molar-refractivity contribution >= 4 is 69.8 Å². The number of nitrogens with zero attached hydrogens (tertiary/aromatic N) is 1. The van der Waals surface area contributed by atoms with Gasteiger partial charge in [0.15, 0.2) is 6.61 Å². The highest BCUT2D eigenvalue weighted by atomic mass is 35.5. The average molecular weight is 650 g/mol. The summed E-state index contributed by atoms with van der Waals surface area (Å²) >= 11 is 8.07.